The van der Waals surface area contributed by atoms with E-state index in [2.05, 4.69) is 0 Å². The van der Waals surface area contributed by atoms with Crippen LogP contribution in [0.15, 0.2) is 48.5 Å². The molecule has 1 unspecified atom stereocenters. The molecule has 0 fully saturated rings. The van der Waals surface area contributed by atoms with Gasteiger partial charge in [-0.2, -0.15) is 0 Å². The summed E-state index contributed by atoms with van der Waals surface area (Å²) in [6, 6.07) is 14.6. The number of carbonyl (C=O) groups is 1. The second-order valence-electron chi connectivity index (χ2n) is 5.63. The Balaban J connectivity index is 1.86. The van der Waals surface area contributed by atoms with Crippen molar-refractivity contribution >= 4 is 17.6 Å². The highest BCUT2D eigenvalue weighted by Crippen LogP contribution is 2.20. The van der Waals surface area contributed by atoms with Gasteiger partial charge in [-0.3, -0.25) is 0 Å². The van der Waals surface area contributed by atoms with Crippen molar-refractivity contribution in [1.82, 2.24) is 0 Å². The minimum absolute atomic E-state index is 0.160. The zero-order valence-corrected chi connectivity index (χ0v) is 14.7. The molecule has 0 spiro atoms. The van der Waals surface area contributed by atoms with E-state index in [1.807, 2.05) is 24.3 Å². The first-order valence-electron chi connectivity index (χ1n) is 7.78. The molecular formula is C19H21ClO4. The van der Waals surface area contributed by atoms with Crippen LogP contribution < -0.4 is 9.47 Å². The van der Waals surface area contributed by atoms with E-state index in [1.54, 1.807) is 45.0 Å². The van der Waals surface area contributed by atoms with Crippen LogP contribution in [0.2, 0.25) is 5.02 Å². The summed E-state index contributed by atoms with van der Waals surface area (Å²) in [5.74, 6) is 0.921. The number of ether oxygens (including phenoxy) is 3. The third-order valence-corrected chi connectivity index (χ3v) is 3.39. The molecule has 0 N–H and O–H groups in total. The molecule has 0 bridgehead atoms. The van der Waals surface area contributed by atoms with E-state index in [1.165, 1.54) is 0 Å². The Labute approximate surface area is 147 Å². The molecule has 0 aromatic heterocycles. The maximum absolute atomic E-state index is 11.7. The van der Waals surface area contributed by atoms with Crippen molar-refractivity contribution in [2.24, 2.45) is 0 Å². The predicted molar refractivity (Wildman–Crippen MR) is 93.5 cm³/mol. The summed E-state index contributed by atoms with van der Waals surface area (Å²) < 4.78 is 16.4. The Morgan fingerprint density at radius 1 is 0.958 bits per heavy atom. The Bertz CT molecular complexity index is 650. The summed E-state index contributed by atoms with van der Waals surface area (Å²) in [6.45, 7) is 5.72. The molecule has 0 amide bonds. The quantitative estimate of drug-likeness (QED) is 0.684. The molecular weight excluding hydrogens is 328 g/mol. The predicted octanol–water partition coefficient (Wildman–Crippen LogP) is 4.64. The van der Waals surface area contributed by atoms with Crippen molar-refractivity contribution in [2.75, 3.05) is 0 Å². The van der Waals surface area contributed by atoms with Crippen molar-refractivity contribution < 1.29 is 19.0 Å². The standard InChI is InChI=1S/C19H21ClO4/c1-13(2)23-19(21)14(3)24-18-10-8-17(9-11-18)22-12-15-4-6-16(20)7-5-15/h4-11,13-14H,12H2,1-3H3. The fourth-order valence-corrected chi connectivity index (χ4v) is 2.07. The Kier molecular flexibility index (Phi) is 6.50. The van der Waals surface area contributed by atoms with E-state index in [-0.39, 0.29) is 12.1 Å². The zero-order chi connectivity index (χ0) is 17.5. The van der Waals surface area contributed by atoms with Crippen LogP contribution in [0.25, 0.3) is 0 Å². The third kappa shape index (κ3) is 5.78. The smallest absolute Gasteiger partial charge is 0.347 e. The van der Waals surface area contributed by atoms with Crippen molar-refractivity contribution in [3.8, 4) is 11.5 Å². The van der Waals surface area contributed by atoms with Gasteiger partial charge >= 0.3 is 5.97 Å². The summed E-state index contributed by atoms with van der Waals surface area (Å²) in [5, 5.41) is 0.699. The first-order chi connectivity index (χ1) is 11.4. The van der Waals surface area contributed by atoms with Gasteiger partial charge in [-0.05, 0) is 62.7 Å². The van der Waals surface area contributed by atoms with Gasteiger partial charge in [-0.1, -0.05) is 23.7 Å². The third-order valence-electron chi connectivity index (χ3n) is 3.14. The average molecular weight is 349 g/mol. The lowest BCUT2D eigenvalue weighted by molar-refractivity contribution is -0.154. The van der Waals surface area contributed by atoms with E-state index in [4.69, 9.17) is 25.8 Å². The molecule has 0 aliphatic heterocycles. The number of halogens is 1. The van der Waals surface area contributed by atoms with Crippen LogP contribution in [-0.2, 0) is 16.1 Å². The molecule has 128 valence electrons. The van der Waals surface area contributed by atoms with Gasteiger partial charge in [-0.15, -0.1) is 0 Å². The summed E-state index contributed by atoms with van der Waals surface area (Å²) in [5.41, 5.74) is 1.03. The van der Waals surface area contributed by atoms with E-state index >= 15 is 0 Å². The lowest BCUT2D eigenvalue weighted by Gasteiger charge is -2.16. The van der Waals surface area contributed by atoms with Crippen molar-refractivity contribution in [2.45, 2.75) is 39.6 Å². The van der Waals surface area contributed by atoms with Crippen LogP contribution >= 0.6 is 11.6 Å². The van der Waals surface area contributed by atoms with Crippen LogP contribution in [0.5, 0.6) is 11.5 Å². The first-order valence-corrected chi connectivity index (χ1v) is 8.16. The van der Waals surface area contributed by atoms with Gasteiger partial charge in [0.05, 0.1) is 6.10 Å². The number of esters is 1. The van der Waals surface area contributed by atoms with E-state index in [0.29, 0.717) is 17.4 Å². The second-order valence-corrected chi connectivity index (χ2v) is 6.07. The number of rotatable bonds is 7. The molecule has 2 aromatic carbocycles. The minimum Gasteiger partial charge on any atom is -0.489 e. The van der Waals surface area contributed by atoms with E-state index in [9.17, 15) is 4.79 Å². The van der Waals surface area contributed by atoms with Gasteiger partial charge in [0.25, 0.3) is 0 Å². The highest BCUT2D eigenvalue weighted by Gasteiger charge is 2.17. The monoisotopic (exact) mass is 348 g/mol. The highest BCUT2D eigenvalue weighted by molar-refractivity contribution is 6.30. The molecule has 0 radical (unpaired) electrons. The normalized spacial score (nSPS) is 11.9. The number of benzene rings is 2. The van der Waals surface area contributed by atoms with Gasteiger partial charge in [0, 0.05) is 5.02 Å². The van der Waals surface area contributed by atoms with E-state index < -0.39 is 6.10 Å². The maximum atomic E-state index is 11.7. The van der Waals surface area contributed by atoms with Gasteiger partial charge in [0.1, 0.15) is 18.1 Å². The van der Waals surface area contributed by atoms with Crippen LogP contribution in [-0.4, -0.2) is 18.2 Å². The van der Waals surface area contributed by atoms with Crippen LogP contribution in [0, 0.1) is 0 Å². The van der Waals surface area contributed by atoms with Gasteiger partial charge in [0.15, 0.2) is 6.10 Å². The lowest BCUT2D eigenvalue weighted by atomic mass is 10.2. The molecule has 0 aliphatic rings. The second kappa shape index (κ2) is 8.60. The largest absolute Gasteiger partial charge is 0.489 e. The van der Waals surface area contributed by atoms with Crippen molar-refractivity contribution in [1.29, 1.82) is 0 Å². The minimum atomic E-state index is -0.659. The average Bonchev–Trinajstić information content (AvgIpc) is 2.55. The summed E-state index contributed by atoms with van der Waals surface area (Å²) in [6.07, 6.45) is -0.819. The SMILES string of the molecule is CC(C)OC(=O)C(C)Oc1ccc(OCc2ccc(Cl)cc2)cc1. The van der Waals surface area contributed by atoms with Gasteiger partial charge in [0.2, 0.25) is 0 Å². The molecule has 4 nitrogen and oxygen atoms in total. The van der Waals surface area contributed by atoms with Gasteiger partial charge in [-0.25, -0.2) is 4.79 Å². The number of hydrogen-bond acceptors (Lipinski definition) is 4. The van der Waals surface area contributed by atoms with E-state index in [0.717, 1.165) is 11.3 Å². The Morgan fingerprint density at radius 3 is 2.12 bits per heavy atom. The number of hydrogen-bond donors (Lipinski definition) is 0. The molecule has 2 aromatic rings. The molecule has 24 heavy (non-hydrogen) atoms. The Morgan fingerprint density at radius 2 is 1.54 bits per heavy atom. The molecule has 0 aliphatic carbocycles. The zero-order valence-electron chi connectivity index (χ0n) is 14.0. The summed E-state index contributed by atoms with van der Waals surface area (Å²) >= 11 is 5.85. The van der Waals surface area contributed by atoms with Gasteiger partial charge < -0.3 is 14.2 Å². The Hall–Kier alpha value is -2.20. The highest BCUT2D eigenvalue weighted by atomic mass is 35.5. The molecule has 1 atom stereocenters. The van der Waals surface area contributed by atoms with Crippen LogP contribution in [0.1, 0.15) is 26.3 Å². The summed E-state index contributed by atoms with van der Waals surface area (Å²) in [7, 11) is 0. The van der Waals surface area contributed by atoms with Crippen molar-refractivity contribution in [3.05, 3.63) is 59.1 Å². The fraction of sp³-hybridized carbons (Fsp3) is 0.316. The first kappa shape index (κ1) is 18.1. The van der Waals surface area contributed by atoms with Crippen LogP contribution in [0.3, 0.4) is 0 Å². The molecule has 2 rings (SSSR count). The topological polar surface area (TPSA) is 44.8 Å². The fourth-order valence-electron chi connectivity index (χ4n) is 1.94. The summed E-state index contributed by atoms with van der Waals surface area (Å²) in [4.78, 5) is 11.7. The molecule has 0 saturated carbocycles. The lowest BCUT2D eigenvalue weighted by Crippen LogP contribution is -2.28. The maximum Gasteiger partial charge on any atom is 0.347 e. The molecule has 0 saturated heterocycles. The molecule has 5 heteroatoms. The number of carbonyl (C=O) groups excluding carboxylic acids is 1. The van der Waals surface area contributed by atoms with Crippen LogP contribution in [0.4, 0.5) is 0 Å². The van der Waals surface area contributed by atoms with Crippen molar-refractivity contribution in [3.63, 3.8) is 0 Å². The molecule has 0 heterocycles.